The van der Waals surface area contributed by atoms with Crippen LogP contribution in [0.5, 0.6) is 0 Å². The van der Waals surface area contributed by atoms with Gasteiger partial charge in [-0.1, -0.05) is 19.9 Å². The smallest absolute Gasteiger partial charge is 0.376 e. The maximum Gasteiger partial charge on any atom is 0.433 e. The standard InChI is InChI=1S/C25H30F3N5O/c1-15(2)16-8-10-18(11-9-16)33-14-17-12-21(22(32(3)4)13-20(17)31-33)30-24(34)19-6-5-7-23(29-19)25(26,27)28/h5-7,12-16,18H,8-11H2,1-4H3,(H,30,34). The molecule has 0 bridgehead atoms. The molecule has 0 atom stereocenters. The average Bonchev–Trinajstić information content (AvgIpc) is 3.21. The first-order valence-corrected chi connectivity index (χ1v) is 11.6. The van der Waals surface area contributed by atoms with E-state index in [0.717, 1.165) is 35.7 Å². The molecular weight excluding hydrogens is 443 g/mol. The first kappa shape index (κ1) is 24.0. The molecule has 6 nitrogen and oxygen atoms in total. The Hall–Kier alpha value is -3.10. The Bertz CT molecular complexity index is 1180. The maximum atomic E-state index is 13.0. The Kier molecular flexibility index (Phi) is 6.55. The van der Waals surface area contributed by atoms with Crippen molar-refractivity contribution < 1.29 is 18.0 Å². The molecule has 0 unspecified atom stereocenters. The first-order valence-electron chi connectivity index (χ1n) is 11.6. The van der Waals surface area contributed by atoms with Gasteiger partial charge in [0.1, 0.15) is 11.4 Å². The van der Waals surface area contributed by atoms with Crippen molar-refractivity contribution in [3.63, 3.8) is 0 Å². The van der Waals surface area contributed by atoms with E-state index in [1.54, 1.807) is 0 Å². The van der Waals surface area contributed by atoms with Gasteiger partial charge in [0, 0.05) is 25.7 Å². The van der Waals surface area contributed by atoms with E-state index >= 15 is 0 Å². The zero-order chi connectivity index (χ0) is 24.6. The van der Waals surface area contributed by atoms with Gasteiger partial charge in [-0.3, -0.25) is 9.48 Å². The number of hydrogen-bond donors (Lipinski definition) is 1. The highest BCUT2D eigenvalue weighted by Crippen LogP contribution is 2.37. The van der Waals surface area contributed by atoms with E-state index in [4.69, 9.17) is 5.10 Å². The lowest BCUT2D eigenvalue weighted by Crippen LogP contribution is -2.21. The minimum Gasteiger partial charge on any atom is -0.376 e. The number of fused-ring (bicyclic) bond motifs is 1. The number of hydrogen-bond acceptors (Lipinski definition) is 4. The van der Waals surface area contributed by atoms with Crippen molar-refractivity contribution in [2.75, 3.05) is 24.3 Å². The van der Waals surface area contributed by atoms with Crippen LogP contribution in [0.1, 0.15) is 61.8 Å². The second kappa shape index (κ2) is 9.27. The Morgan fingerprint density at radius 2 is 1.85 bits per heavy atom. The molecule has 1 saturated carbocycles. The quantitative estimate of drug-likeness (QED) is 0.482. The SMILES string of the molecule is CC(C)C1CCC(n2cc3cc(NC(=O)c4cccc(C(F)(F)F)n4)c(N(C)C)cc3n2)CC1. The highest BCUT2D eigenvalue weighted by atomic mass is 19.4. The molecule has 0 spiro atoms. The molecule has 2 aromatic heterocycles. The van der Waals surface area contributed by atoms with Crippen LogP contribution in [0.4, 0.5) is 24.5 Å². The molecule has 1 fully saturated rings. The van der Waals surface area contributed by atoms with E-state index in [9.17, 15) is 18.0 Å². The lowest BCUT2D eigenvalue weighted by Gasteiger charge is -2.30. The number of carbonyl (C=O) groups is 1. The number of alkyl halides is 3. The largest absolute Gasteiger partial charge is 0.433 e. The second-order valence-corrected chi connectivity index (χ2v) is 9.60. The summed E-state index contributed by atoms with van der Waals surface area (Å²) in [6.45, 7) is 4.56. The van der Waals surface area contributed by atoms with Gasteiger partial charge in [0.05, 0.1) is 22.9 Å². The minimum absolute atomic E-state index is 0.294. The van der Waals surface area contributed by atoms with Gasteiger partial charge in [0.25, 0.3) is 5.91 Å². The van der Waals surface area contributed by atoms with E-state index in [1.165, 1.54) is 25.0 Å². The van der Waals surface area contributed by atoms with Gasteiger partial charge < -0.3 is 10.2 Å². The molecule has 1 aromatic carbocycles. The number of nitrogens with zero attached hydrogens (tertiary/aromatic N) is 4. The number of nitrogens with one attached hydrogen (secondary N) is 1. The zero-order valence-electron chi connectivity index (χ0n) is 19.9. The third kappa shape index (κ3) is 5.03. The summed E-state index contributed by atoms with van der Waals surface area (Å²) in [6, 6.07) is 7.35. The van der Waals surface area contributed by atoms with Crippen LogP contribution in [0.25, 0.3) is 10.9 Å². The van der Waals surface area contributed by atoms with Crippen molar-refractivity contribution in [2.24, 2.45) is 11.8 Å². The summed E-state index contributed by atoms with van der Waals surface area (Å²) in [5.74, 6) is 0.749. The van der Waals surface area contributed by atoms with E-state index in [-0.39, 0.29) is 5.69 Å². The van der Waals surface area contributed by atoms with Gasteiger partial charge in [0.2, 0.25) is 0 Å². The lowest BCUT2D eigenvalue weighted by molar-refractivity contribution is -0.141. The predicted octanol–water partition coefficient (Wildman–Crippen LogP) is 6.16. The highest BCUT2D eigenvalue weighted by molar-refractivity contribution is 6.06. The molecule has 2 heterocycles. The van der Waals surface area contributed by atoms with Gasteiger partial charge in [-0.2, -0.15) is 18.3 Å². The third-order valence-corrected chi connectivity index (χ3v) is 6.70. The van der Waals surface area contributed by atoms with Gasteiger partial charge in [0.15, 0.2) is 0 Å². The maximum absolute atomic E-state index is 13.0. The summed E-state index contributed by atoms with van der Waals surface area (Å²) in [5.41, 5.74) is 0.616. The fraction of sp³-hybridized carbons (Fsp3) is 0.480. The van der Waals surface area contributed by atoms with Crippen LogP contribution in [-0.2, 0) is 6.18 Å². The number of halogens is 3. The number of amides is 1. The van der Waals surface area contributed by atoms with E-state index in [1.807, 2.05) is 42.0 Å². The van der Waals surface area contributed by atoms with Crippen LogP contribution in [0, 0.1) is 11.8 Å². The summed E-state index contributed by atoms with van der Waals surface area (Å²) in [6.07, 6.45) is 1.92. The summed E-state index contributed by atoms with van der Waals surface area (Å²) in [4.78, 5) is 18.1. The van der Waals surface area contributed by atoms with Crippen molar-refractivity contribution >= 4 is 28.2 Å². The molecule has 1 aliphatic rings. The van der Waals surface area contributed by atoms with Crippen LogP contribution >= 0.6 is 0 Å². The van der Waals surface area contributed by atoms with Crippen LogP contribution in [0.3, 0.4) is 0 Å². The van der Waals surface area contributed by atoms with Crippen LogP contribution in [-0.4, -0.2) is 34.8 Å². The predicted molar refractivity (Wildman–Crippen MR) is 127 cm³/mol. The number of benzene rings is 1. The number of aromatic nitrogens is 3. The number of anilines is 2. The number of rotatable bonds is 5. The summed E-state index contributed by atoms with van der Waals surface area (Å²) in [5, 5.41) is 8.41. The lowest BCUT2D eigenvalue weighted by atomic mass is 9.80. The Morgan fingerprint density at radius 1 is 1.15 bits per heavy atom. The summed E-state index contributed by atoms with van der Waals surface area (Å²) in [7, 11) is 3.67. The van der Waals surface area contributed by atoms with Crippen LogP contribution < -0.4 is 10.2 Å². The number of carbonyl (C=O) groups excluding carboxylic acids is 1. The van der Waals surface area contributed by atoms with Gasteiger partial charge in [-0.05, 0) is 61.8 Å². The van der Waals surface area contributed by atoms with Crippen molar-refractivity contribution in [3.8, 4) is 0 Å². The summed E-state index contributed by atoms with van der Waals surface area (Å²) < 4.78 is 41.1. The molecule has 3 aromatic rings. The zero-order valence-corrected chi connectivity index (χ0v) is 19.9. The fourth-order valence-corrected chi connectivity index (χ4v) is 4.68. The normalized spacial score (nSPS) is 18.9. The molecule has 182 valence electrons. The van der Waals surface area contributed by atoms with Crippen LogP contribution in [0.15, 0.2) is 36.5 Å². The van der Waals surface area contributed by atoms with Crippen molar-refractivity contribution in [2.45, 2.75) is 51.7 Å². The molecule has 9 heteroatoms. The number of pyridine rings is 1. The fourth-order valence-electron chi connectivity index (χ4n) is 4.68. The molecular formula is C25H30F3N5O. The Balaban J connectivity index is 1.60. The molecule has 1 aliphatic carbocycles. The average molecular weight is 474 g/mol. The van der Waals surface area contributed by atoms with Crippen molar-refractivity contribution in [3.05, 3.63) is 47.9 Å². The summed E-state index contributed by atoms with van der Waals surface area (Å²) >= 11 is 0. The molecule has 1 amide bonds. The highest BCUT2D eigenvalue weighted by Gasteiger charge is 2.33. The van der Waals surface area contributed by atoms with Crippen molar-refractivity contribution in [1.29, 1.82) is 0 Å². The van der Waals surface area contributed by atoms with Gasteiger partial charge >= 0.3 is 6.18 Å². The molecule has 0 radical (unpaired) electrons. The molecule has 4 rings (SSSR count). The van der Waals surface area contributed by atoms with Gasteiger partial charge in [-0.25, -0.2) is 4.98 Å². The van der Waals surface area contributed by atoms with Crippen molar-refractivity contribution in [1.82, 2.24) is 14.8 Å². The third-order valence-electron chi connectivity index (χ3n) is 6.70. The molecule has 1 N–H and O–H groups in total. The molecule has 0 saturated heterocycles. The first-order chi connectivity index (χ1) is 16.0. The van der Waals surface area contributed by atoms with Crippen LogP contribution in [0.2, 0.25) is 0 Å². The van der Waals surface area contributed by atoms with E-state index in [0.29, 0.717) is 23.3 Å². The Labute approximate surface area is 197 Å². The second-order valence-electron chi connectivity index (χ2n) is 9.60. The Morgan fingerprint density at radius 3 is 2.47 bits per heavy atom. The topological polar surface area (TPSA) is 63.1 Å². The van der Waals surface area contributed by atoms with E-state index in [2.05, 4.69) is 24.1 Å². The van der Waals surface area contributed by atoms with Gasteiger partial charge in [-0.15, -0.1) is 0 Å². The monoisotopic (exact) mass is 473 g/mol. The molecule has 0 aliphatic heterocycles. The van der Waals surface area contributed by atoms with E-state index < -0.39 is 17.8 Å². The minimum atomic E-state index is -4.62. The molecule has 34 heavy (non-hydrogen) atoms.